The molecule has 82 valence electrons. The first kappa shape index (κ1) is 10.8. The van der Waals surface area contributed by atoms with E-state index in [0.29, 0.717) is 0 Å². The van der Waals surface area contributed by atoms with E-state index in [1.54, 1.807) is 0 Å². The highest BCUT2D eigenvalue weighted by Gasteiger charge is 2.36. The molecule has 0 aliphatic heterocycles. The van der Waals surface area contributed by atoms with Crippen LogP contribution in [0.15, 0.2) is 0 Å². The fourth-order valence-corrected chi connectivity index (χ4v) is 4.04. The molecule has 4 atom stereocenters. The van der Waals surface area contributed by atoms with Crippen LogP contribution < -0.4 is 0 Å². The van der Waals surface area contributed by atoms with Crippen LogP contribution in [0.5, 0.6) is 0 Å². The zero-order valence-electron chi connectivity index (χ0n) is 9.34. The van der Waals surface area contributed by atoms with E-state index in [0.717, 1.165) is 29.6 Å². The molecule has 2 fully saturated rings. The van der Waals surface area contributed by atoms with Crippen LogP contribution in [0.1, 0.15) is 51.9 Å². The van der Waals surface area contributed by atoms with Crippen LogP contribution in [0, 0.1) is 23.7 Å². The van der Waals surface area contributed by atoms with E-state index >= 15 is 0 Å². The largest absolute Gasteiger partial charge is 0.126 e. The number of halogens is 1. The summed E-state index contributed by atoms with van der Waals surface area (Å²) in [5.41, 5.74) is 0. The first-order chi connectivity index (χ1) is 6.83. The van der Waals surface area contributed by atoms with Gasteiger partial charge in [0.1, 0.15) is 0 Å². The molecule has 0 amide bonds. The Balaban J connectivity index is 2.01. The number of hydrogen-bond acceptors (Lipinski definition) is 0. The van der Waals surface area contributed by atoms with Crippen molar-refractivity contribution < 1.29 is 0 Å². The SMILES string of the molecule is CC(CCl)C1CCCC2CCCCC21. The Morgan fingerprint density at radius 1 is 1.07 bits per heavy atom. The third kappa shape index (κ3) is 2.10. The van der Waals surface area contributed by atoms with Crippen LogP contribution in [0.3, 0.4) is 0 Å². The van der Waals surface area contributed by atoms with Gasteiger partial charge in [0.2, 0.25) is 0 Å². The van der Waals surface area contributed by atoms with Crippen LogP contribution >= 0.6 is 11.6 Å². The predicted molar refractivity (Wildman–Crippen MR) is 62.7 cm³/mol. The van der Waals surface area contributed by atoms with Crippen LogP contribution in [0.25, 0.3) is 0 Å². The summed E-state index contributed by atoms with van der Waals surface area (Å²) in [6.45, 7) is 2.36. The second-order valence-electron chi connectivity index (χ2n) is 5.43. The van der Waals surface area contributed by atoms with Crippen molar-refractivity contribution in [1.82, 2.24) is 0 Å². The van der Waals surface area contributed by atoms with Crippen molar-refractivity contribution >= 4 is 11.6 Å². The fourth-order valence-electron chi connectivity index (χ4n) is 3.81. The Labute approximate surface area is 93.4 Å². The van der Waals surface area contributed by atoms with Gasteiger partial charge in [-0.15, -0.1) is 11.6 Å². The van der Waals surface area contributed by atoms with Gasteiger partial charge in [0, 0.05) is 5.88 Å². The lowest BCUT2D eigenvalue weighted by Gasteiger charge is -2.43. The van der Waals surface area contributed by atoms with Crippen molar-refractivity contribution in [3.8, 4) is 0 Å². The Kier molecular flexibility index (Phi) is 3.76. The van der Waals surface area contributed by atoms with E-state index in [9.17, 15) is 0 Å². The van der Waals surface area contributed by atoms with Crippen LogP contribution in [0.4, 0.5) is 0 Å². The molecule has 0 bridgehead atoms. The molecule has 2 aliphatic rings. The average molecular weight is 215 g/mol. The van der Waals surface area contributed by atoms with E-state index in [1.807, 2.05) is 0 Å². The first-order valence-corrected chi connectivity index (χ1v) is 6.92. The highest BCUT2D eigenvalue weighted by Crippen LogP contribution is 2.46. The number of fused-ring (bicyclic) bond motifs is 1. The lowest BCUT2D eigenvalue weighted by Crippen LogP contribution is -2.34. The lowest BCUT2D eigenvalue weighted by molar-refractivity contribution is 0.0756. The van der Waals surface area contributed by atoms with Crippen molar-refractivity contribution in [2.75, 3.05) is 5.88 Å². The number of rotatable bonds is 2. The minimum absolute atomic E-state index is 0.752. The molecule has 0 spiro atoms. The normalized spacial score (nSPS) is 40.3. The molecular weight excluding hydrogens is 192 g/mol. The van der Waals surface area contributed by atoms with Crippen LogP contribution in [0.2, 0.25) is 0 Å². The van der Waals surface area contributed by atoms with Crippen molar-refractivity contribution in [2.24, 2.45) is 23.7 Å². The molecule has 0 aromatic rings. The summed E-state index contributed by atoms with van der Waals surface area (Å²) in [4.78, 5) is 0. The molecule has 0 N–H and O–H groups in total. The molecule has 2 rings (SSSR count). The molecule has 0 aromatic heterocycles. The highest BCUT2D eigenvalue weighted by molar-refractivity contribution is 6.18. The maximum absolute atomic E-state index is 6.02. The predicted octanol–water partition coefficient (Wildman–Crippen LogP) is 4.47. The van der Waals surface area contributed by atoms with Gasteiger partial charge in [0.25, 0.3) is 0 Å². The summed E-state index contributed by atoms with van der Waals surface area (Å²) in [5.74, 6) is 4.67. The van der Waals surface area contributed by atoms with Crippen molar-refractivity contribution in [3.63, 3.8) is 0 Å². The maximum Gasteiger partial charge on any atom is 0.0251 e. The Morgan fingerprint density at radius 3 is 2.57 bits per heavy atom. The van der Waals surface area contributed by atoms with Gasteiger partial charge < -0.3 is 0 Å². The molecule has 4 unspecified atom stereocenters. The molecule has 0 aromatic carbocycles. The van der Waals surface area contributed by atoms with E-state index in [1.165, 1.54) is 44.9 Å². The molecule has 1 heteroatoms. The third-order valence-corrected chi connectivity index (χ3v) is 5.09. The topological polar surface area (TPSA) is 0 Å². The molecule has 0 radical (unpaired) electrons. The summed E-state index contributed by atoms with van der Waals surface area (Å²) in [6.07, 6.45) is 10.4. The molecule has 0 nitrogen and oxygen atoms in total. The molecule has 2 saturated carbocycles. The van der Waals surface area contributed by atoms with E-state index in [4.69, 9.17) is 11.6 Å². The Hall–Kier alpha value is 0.290. The summed E-state index contributed by atoms with van der Waals surface area (Å²) in [5, 5.41) is 0. The summed E-state index contributed by atoms with van der Waals surface area (Å²) in [7, 11) is 0. The highest BCUT2D eigenvalue weighted by atomic mass is 35.5. The van der Waals surface area contributed by atoms with Gasteiger partial charge in [-0.1, -0.05) is 39.0 Å². The van der Waals surface area contributed by atoms with Gasteiger partial charge in [-0.25, -0.2) is 0 Å². The number of hydrogen-bond donors (Lipinski definition) is 0. The van der Waals surface area contributed by atoms with E-state index in [2.05, 4.69) is 6.92 Å². The van der Waals surface area contributed by atoms with Crippen molar-refractivity contribution in [2.45, 2.75) is 51.9 Å². The Morgan fingerprint density at radius 2 is 1.79 bits per heavy atom. The lowest BCUT2D eigenvalue weighted by atomic mass is 9.62. The minimum atomic E-state index is 0.752. The second kappa shape index (κ2) is 4.88. The van der Waals surface area contributed by atoms with Gasteiger partial charge in [-0.3, -0.25) is 0 Å². The zero-order chi connectivity index (χ0) is 9.97. The van der Waals surface area contributed by atoms with E-state index in [-0.39, 0.29) is 0 Å². The first-order valence-electron chi connectivity index (χ1n) is 6.39. The standard InChI is InChI=1S/C13H23Cl/c1-10(9-14)12-8-4-6-11-5-2-3-7-13(11)12/h10-13H,2-9H2,1H3. The van der Waals surface area contributed by atoms with Gasteiger partial charge in [-0.05, 0) is 36.5 Å². The zero-order valence-corrected chi connectivity index (χ0v) is 10.1. The van der Waals surface area contributed by atoms with Crippen LogP contribution in [-0.4, -0.2) is 5.88 Å². The molecule has 0 heterocycles. The summed E-state index contributed by atoms with van der Waals surface area (Å²) >= 11 is 6.02. The maximum atomic E-state index is 6.02. The van der Waals surface area contributed by atoms with E-state index < -0.39 is 0 Å². The fraction of sp³-hybridized carbons (Fsp3) is 1.00. The Bertz CT molecular complexity index is 174. The van der Waals surface area contributed by atoms with Crippen molar-refractivity contribution in [3.05, 3.63) is 0 Å². The van der Waals surface area contributed by atoms with Gasteiger partial charge in [0.05, 0.1) is 0 Å². The van der Waals surface area contributed by atoms with Crippen LogP contribution in [-0.2, 0) is 0 Å². The average Bonchev–Trinajstić information content (AvgIpc) is 2.27. The quantitative estimate of drug-likeness (QED) is 0.596. The summed E-state index contributed by atoms with van der Waals surface area (Å²) < 4.78 is 0. The number of alkyl halides is 1. The van der Waals surface area contributed by atoms with Crippen molar-refractivity contribution in [1.29, 1.82) is 0 Å². The third-order valence-electron chi connectivity index (χ3n) is 4.60. The van der Waals surface area contributed by atoms with Gasteiger partial charge in [-0.2, -0.15) is 0 Å². The molecule has 0 saturated heterocycles. The smallest absolute Gasteiger partial charge is 0.0251 e. The summed E-state index contributed by atoms with van der Waals surface area (Å²) in [6, 6.07) is 0. The minimum Gasteiger partial charge on any atom is -0.126 e. The van der Waals surface area contributed by atoms with Gasteiger partial charge >= 0.3 is 0 Å². The molecular formula is C13H23Cl. The second-order valence-corrected chi connectivity index (χ2v) is 5.74. The van der Waals surface area contributed by atoms with Gasteiger partial charge in [0.15, 0.2) is 0 Å². The molecule has 2 aliphatic carbocycles. The monoisotopic (exact) mass is 214 g/mol. The molecule has 14 heavy (non-hydrogen) atoms.